The van der Waals surface area contributed by atoms with Crippen LogP contribution in [0.5, 0.6) is 5.75 Å². The molecule has 1 saturated heterocycles. The molecule has 0 bridgehead atoms. The number of alkyl halides is 3. The lowest BCUT2D eigenvalue weighted by atomic mass is 9.80. The topological polar surface area (TPSA) is 78.9 Å². The number of hydrogen-bond donors (Lipinski definition) is 2. The molecule has 180 valence electrons. The first kappa shape index (κ1) is 25.0. The van der Waals surface area contributed by atoms with E-state index in [0.717, 1.165) is 44.6 Å². The van der Waals surface area contributed by atoms with Crippen molar-refractivity contribution in [1.29, 1.82) is 0 Å². The highest BCUT2D eigenvalue weighted by molar-refractivity contribution is 7.11. The summed E-state index contributed by atoms with van der Waals surface area (Å²) in [6.45, 7) is 6.26. The van der Waals surface area contributed by atoms with E-state index in [-0.39, 0.29) is 17.6 Å². The molecule has 0 aliphatic carbocycles. The highest BCUT2D eigenvalue weighted by Gasteiger charge is 2.43. The molecule has 0 saturated carbocycles. The minimum Gasteiger partial charge on any atom is -0.487 e. The van der Waals surface area contributed by atoms with Gasteiger partial charge in [-0.05, 0) is 25.1 Å². The van der Waals surface area contributed by atoms with E-state index in [1.54, 1.807) is 6.92 Å². The molecule has 1 aromatic carbocycles. The number of fused-ring (bicyclic) bond motifs is 1. The summed E-state index contributed by atoms with van der Waals surface area (Å²) in [4.78, 5) is 25.2. The number of carboxylic acids is 1. The summed E-state index contributed by atoms with van der Waals surface area (Å²) in [5.41, 5.74) is 1.09. The van der Waals surface area contributed by atoms with Gasteiger partial charge < -0.3 is 20.1 Å². The van der Waals surface area contributed by atoms with Crippen LogP contribution >= 0.6 is 11.3 Å². The highest BCUT2D eigenvalue weighted by Crippen LogP contribution is 2.44. The largest absolute Gasteiger partial charge is 0.490 e. The van der Waals surface area contributed by atoms with E-state index < -0.39 is 12.1 Å². The highest BCUT2D eigenvalue weighted by atomic mass is 32.1. The lowest BCUT2D eigenvalue weighted by Crippen LogP contribution is -2.52. The Labute approximate surface area is 194 Å². The third kappa shape index (κ3) is 6.48. The third-order valence-corrected chi connectivity index (χ3v) is 6.88. The number of piperidine rings is 1. The molecule has 33 heavy (non-hydrogen) atoms. The maximum atomic E-state index is 11.7. The minimum atomic E-state index is -5.08. The molecule has 10 heteroatoms. The van der Waals surface area contributed by atoms with Crippen molar-refractivity contribution in [2.45, 2.75) is 57.5 Å². The van der Waals surface area contributed by atoms with Gasteiger partial charge in [0.1, 0.15) is 11.4 Å². The fourth-order valence-electron chi connectivity index (χ4n) is 4.14. The lowest BCUT2D eigenvalue weighted by Gasteiger charge is -2.47. The first-order valence-corrected chi connectivity index (χ1v) is 11.4. The standard InChI is InChI=1S/C21H26N2O2S.C2HF3O2/c1-15-7-8-17(26-15)14-22-19-13-21(9-11-23(12-10-21)16(2)24)25-20-6-4-3-5-18(19)20;3-2(4,5)1(6)7/h3-8,19,22H,9-14H2,1-2H3;(H,6,7). The zero-order chi connectivity index (χ0) is 24.2. The molecular weight excluding hydrogens is 457 g/mol. The molecule has 2 aliphatic heterocycles. The Morgan fingerprint density at radius 2 is 1.85 bits per heavy atom. The lowest BCUT2D eigenvalue weighted by molar-refractivity contribution is -0.192. The molecule has 1 fully saturated rings. The maximum Gasteiger partial charge on any atom is 0.490 e. The molecule has 6 nitrogen and oxygen atoms in total. The Morgan fingerprint density at radius 3 is 2.39 bits per heavy atom. The van der Waals surface area contributed by atoms with E-state index in [9.17, 15) is 18.0 Å². The van der Waals surface area contributed by atoms with Crippen LogP contribution in [0, 0.1) is 6.92 Å². The normalized spacial score (nSPS) is 19.2. The average Bonchev–Trinajstić information content (AvgIpc) is 3.17. The van der Waals surface area contributed by atoms with Gasteiger partial charge in [0.15, 0.2) is 0 Å². The molecule has 1 unspecified atom stereocenters. The summed E-state index contributed by atoms with van der Waals surface area (Å²) < 4.78 is 38.2. The van der Waals surface area contributed by atoms with Crippen molar-refractivity contribution in [2.24, 2.45) is 0 Å². The number of nitrogens with one attached hydrogen (secondary N) is 1. The van der Waals surface area contributed by atoms with Crippen LogP contribution in [0.1, 0.15) is 47.5 Å². The summed E-state index contributed by atoms with van der Waals surface area (Å²) >= 11 is 1.85. The van der Waals surface area contributed by atoms with Crippen molar-refractivity contribution < 1.29 is 32.6 Å². The Hall–Kier alpha value is -2.59. The van der Waals surface area contributed by atoms with Crippen molar-refractivity contribution in [2.75, 3.05) is 13.1 Å². The van der Waals surface area contributed by atoms with E-state index in [0.29, 0.717) is 0 Å². The van der Waals surface area contributed by atoms with Gasteiger partial charge in [-0.15, -0.1) is 11.3 Å². The number of halogens is 3. The fraction of sp³-hybridized carbons (Fsp3) is 0.478. The number of carbonyl (C=O) groups excluding carboxylic acids is 1. The SMILES string of the molecule is CC(=O)N1CCC2(CC1)CC(NCc1ccc(C)s1)c1ccccc1O2.O=C(O)C(F)(F)F. The minimum absolute atomic E-state index is 0.163. The Kier molecular flexibility index (Phi) is 7.69. The number of rotatable bonds is 3. The van der Waals surface area contributed by atoms with E-state index >= 15 is 0 Å². The molecule has 1 amide bonds. The van der Waals surface area contributed by atoms with Gasteiger partial charge in [-0.25, -0.2) is 4.79 Å². The summed E-state index contributed by atoms with van der Waals surface area (Å²) in [7, 11) is 0. The molecule has 1 aromatic heterocycles. The molecular formula is C23H27F3N2O4S. The van der Waals surface area contributed by atoms with Crippen LogP contribution in [0.25, 0.3) is 0 Å². The van der Waals surface area contributed by atoms with Gasteiger partial charge in [0, 0.05) is 67.2 Å². The second kappa shape index (κ2) is 10.1. The van der Waals surface area contributed by atoms with Crippen molar-refractivity contribution in [3.05, 3.63) is 51.7 Å². The maximum absolute atomic E-state index is 11.7. The Balaban J connectivity index is 0.000000383. The van der Waals surface area contributed by atoms with Crippen LogP contribution in [0.2, 0.25) is 0 Å². The van der Waals surface area contributed by atoms with Gasteiger partial charge in [-0.3, -0.25) is 4.79 Å². The second-order valence-electron chi connectivity index (χ2n) is 8.28. The number of thiophene rings is 1. The molecule has 3 heterocycles. The van der Waals surface area contributed by atoms with Crippen molar-refractivity contribution in [1.82, 2.24) is 10.2 Å². The monoisotopic (exact) mass is 484 g/mol. The van der Waals surface area contributed by atoms with Crippen LogP contribution in [0.4, 0.5) is 13.2 Å². The predicted molar refractivity (Wildman–Crippen MR) is 118 cm³/mol. The number of para-hydroxylation sites is 1. The average molecular weight is 485 g/mol. The van der Waals surface area contributed by atoms with E-state index in [2.05, 4.69) is 42.6 Å². The van der Waals surface area contributed by atoms with Crippen LogP contribution in [-0.2, 0) is 16.1 Å². The van der Waals surface area contributed by atoms with E-state index in [1.807, 2.05) is 22.3 Å². The zero-order valence-corrected chi connectivity index (χ0v) is 19.3. The number of benzene rings is 1. The molecule has 2 N–H and O–H groups in total. The first-order chi connectivity index (χ1) is 15.5. The quantitative estimate of drug-likeness (QED) is 0.661. The number of aryl methyl sites for hydroxylation is 1. The zero-order valence-electron chi connectivity index (χ0n) is 18.4. The fourth-order valence-corrected chi connectivity index (χ4v) is 4.98. The molecule has 2 aromatic rings. The predicted octanol–water partition coefficient (Wildman–Crippen LogP) is 4.68. The van der Waals surface area contributed by atoms with Crippen molar-refractivity contribution in [3.8, 4) is 5.75 Å². The summed E-state index contributed by atoms with van der Waals surface area (Å²) in [6, 6.07) is 13.1. The third-order valence-electron chi connectivity index (χ3n) is 5.88. The number of aliphatic carboxylic acids is 1. The first-order valence-electron chi connectivity index (χ1n) is 10.6. The van der Waals surface area contributed by atoms with Gasteiger partial charge in [-0.1, -0.05) is 18.2 Å². The van der Waals surface area contributed by atoms with Gasteiger partial charge in [0.25, 0.3) is 0 Å². The molecule has 1 atom stereocenters. The van der Waals surface area contributed by atoms with Gasteiger partial charge in [0.05, 0.1) is 0 Å². The van der Waals surface area contributed by atoms with Gasteiger partial charge >= 0.3 is 12.1 Å². The number of carbonyl (C=O) groups is 2. The van der Waals surface area contributed by atoms with Crippen molar-refractivity contribution >= 4 is 23.2 Å². The van der Waals surface area contributed by atoms with Crippen LogP contribution in [-0.4, -0.2) is 46.7 Å². The van der Waals surface area contributed by atoms with Crippen LogP contribution in [0.15, 0.2) is 36.4 Å². The Bertz CT molecular complexity index is 984. The van der Waals surface area contributed by atoms with Gasteiger partial charge in [-0.2, -0.15) is 13.2 Å². The Morgan fingerprint density at radius 1 is 1.21 bits per heavy atom. The molecule has 2 aliphatic rings. The van der Waals surface area contributed by atoms with Crippen molar-refractivity contribution in [3.63, 3.8) is 0 Å². The number of likely N-dealkylation sites (tertiary alicyclic amines) is 1. The molecule has 4 rings (SSSR count). The molecule has 0 radical (unpaired) electrons. The number of amides is 1. The van der Waals surface area contributed by atoms with Gasteiger partial charge in [0.2, 0.25) is 5.91 Å². The van der Waals surface area contributed by atoms with E-state index in [1.165, 1.54) is 15.3 Å². The summed E-state index contributed by atoms with van der Waals surface area (Å²) in [5, 5.41) is 10.9. The van der Waals surface area contributed by atoms with Crippen LogP contribution in [0.3, 0.4) is 0 Å². The summed E-state index contributed by atoms with van der Waals surface area (Å²) in [5.74, 6) is -1.60. The van der Waals surface area contributed by atoms with E-state index in [4.69, 9.17) is 14.6 Å². The number of hydrogen-bond acceptors (Lipinski definition) is 5. The summed E-state index contributed by atoms with van der Waals surface area (Å²) in [6.07, 6.45) is -2.32. The number of carboxylic acid groups (broad SMARTS) is 1. The smallest absolute Gasteiger partial charge is 0.487 e. The number of ether oxygens (including phenoxy) is 1. The van der Waals surface area contributed by atoms with Crippen LogP contribution < -0.4 is 10.1 Å². The number of nitrogens with zero attached hydrogens (tertiary/aromatic N) is 1. The molecule has 1 spiro atoms. The second-order valence-corrected chi connectivity index (χ2v) is 9.65.